The van der Waals surface area contributed by atoms with Gasteiger partial charge in [0.2, 0.25) is 0 Å². The van der Waals surface area contributed by atoms with Crippen molar-refractivity contribution in [2.75, 3.05) is 0 Å². The zero-order valence-corrected chi connectivity index (χ0v) is 13.7. The van der Waals surface area contributed by atoms with E-state index >= 15 is 0 Å². The molecule has 0 bridgehead atoms. The van der Waals surface area contributed by atoms with Crippen LogP contribution in [0.25, 0.3) is 0 Å². The van der Waals surface area contributed by atoms with Crippen LogP contribution in [0, 0.1) is 26.7 Å². The fraction of sp³-hybridized carbons (Fsp3) is 0.706. The molecular weight excluding hydrogens is 232 g/mol. The first-order chi connectivity index (χ1) is 8.90. The molecule has 0 fully saturated rings. The monoisotopic (exact) mass is 262 g/mol. The van der Waals surface area contributed by atoms with Gasteiger partial charge >= 0.3 is 0 Å². The Morgan fingerprint density at radius 3 is 2.16 bits per heavy atom. The van der Waals surface area contributed by atoms with Crippen molar-refractivity contribution in [1.29, 1.82) is 0 Å². The largest absolute Gasteiger partial charge is 0.307 e. The third-order valence-corrected chi connectivity index (χ3v) is 4.29. The Bertz CT molecular complexity index is 385. The fourth-order valence-electron chi connectivity index (χ4n) is 3.30. The average Bonchev–Trinajstić information content (AvgIpc) is 2.28. The number of nitrogens with zero attached hydrogens (tertiary/aromatic N) is 1. The number of pyridine rings is 1. The van der Waals surface area contributed by atoms with E-state index in [0.29, 0.717) is 12.1 Å². The molecule has 19 heavy (non-hydrogen) atoms. The maximum atomic E-state index is 4.61. The number of aromatic nitrogens is 1. The predicted molar refractivity (Wildman–Crippen MR) is 83.5 cm³/mol. The van der Waals surface area contributed by atoms with Gasteiger partial charge in [0.1, 0.15) is 0 Å². The Hall–Kier alpha value is -0.890. The molecule has 0 saturated carbocycles. The van der Waals surface area contributed by atoms with Crippen LogP contribution in [0.3, 0.4) is 0 Å². The van der Waals surface area contributed by atoms with Crippen molar-refractivity contribution >= 4 is 0 Å². The quantitative estimate of drug-likeness (QED) is 0.817. The van der Waals surface area contributed by atoms with Crippen LogP contribution in [0.1, 0.15) is 69.1 Å². The van der Waals surface area contributed by atoms with Crippen LogP contribution >= 0.6 is 0 Å². The molecule has 0 amide bonds. The van der Waals surface area contributed by atoms with Crippen LogP contribution in [0.4, 0.5) is 0 Å². The van der Waals surface area contributed by atoms with E-state index in [2.05, 4.69) is 64.8 Å². The maximum absolute atomic E-state index is 4.61. The summed E-state index contributed by atoms with van der Waals surface area (Å²) in [5.74, 6) is 0.751. The Morgan fingerprint density at radius 1 is 1.11 bits per heavy atom. The highest BCUT2D eigenvalue weighted by Crippen LogP contribution is 2.23. The van der Waals surface area contributed by atoms with Crippen molar-refractivity contribution in [3.63, 3.8) is 0 Å². The fourth-order valence-corrected chi connectivity index (χ4v) is 3.30. The van der Waals surface area contributed by atoms with Crippen LogP contribution in [-0.4, -0.2) is 11.0 Å². The van der Waals surface area contributed by atoms with Crippen LogP contribution in [0.5, 0.6) is 0 Å². The minimum absolute atomic E-state index is 0.365. The number of rotatable bonds is 6. The van der Waals surface area contributed by atoms with E-state index in [4.69, 9.17) is 0 Å². The zero-order chi connectivity index (χ0) is 14.6. The molecule has 0 aromatic carbocycles. The van der Waals surface area contributed by atoms with Gasteiger partial charge in [-0.2, -0.15) is 0 Å². The van der Waals surface area contributed by atoms with Gasteiger partial charge in [0, 0.05) is 23.5 Å². The molecule has 0 aliphatic rings. The molecule has 2 heteroatoms. The summed E-state index contributed by atoms with van der Waals surface area (Å²) in [4.78, 5) is 4.61. The van der Waals surface area contributed by atoms with Gasteiger partial charge in [-0.15, -0.1) is 0 Å². The van der Waals surface area contributed by atoms with Crippen molar-refractivity contribution in [3.8, 4) is 0 Å². The first-order valence-electron chi connectivity index (χ1n) is 7.61. The second-order valence-electron chi connectivity index (χ2n) is 5.83. The molecule has 1 heterocycles. The zero-order valence-electron chi connectivity index (χ0n) is 13.7. The first kappa shape index (κ1) is 16.2. The molecule has 1 N–H and O–H groups in total. The summed E-state index contributed by atoms with van der Waals surface area (Å²) >= 11 is 0. The third-order valence-electron chi connectivity index (χ3n) is 4.29. The van der Waals surface area contributed by atoms with Crippen LogP contribution in [0.2, 0.25) is 0 Å². The van der Waals surface area contributed by atoms with E-state index in [1.807, 2.05) is 0 Å². The molecule has 0 aliphatic carbocycles. The molecule has 2 unspecified atom stereocenters. The summed E-state index contributed by atoms with van der Waals surface area (Å²) in [6.45, 7) is 15.5. The van der Waals surface area contributed by atoms with Crippen molar-refractivity contribution in [1.82, 2.24) is 10.3 Å². The van der Waals surface area contributed by atoms with Crippen molar-refractivity contribution in [3.05, 3.63) is 28.6 Å². The summed E-state index contributed by atoms with van der Waals surface area (Å²) < 4.78 is 0. The lowest BCUT2D eigenvalue weighted by atomic mass is 9.93. The maximum Gasteiger partial charge on any atom is 0.0426 e. The number of hydrogen-bond donors (Lipinski definition) is 1. The van der Waals surface area contributed by atoms with Gasteiger partial charge in [0.25, 0.3) is 0 Å². The summed E-state index contributed by atoms with van der Waals surface area (Å²) in [7, 11) is 0. The van der Waals surface area contributed by atoms with Crippen molar-refractivity contribution < 1.29 is 0 Å². The van der Waals surface area contributed by atoms with Crippen LogP contribution < -0.4 is 5.32 Å². The lowest BCUT2D eigenvalue weighted by Crippen LogP contribution is -2.35. The Labute approximate surface area is 119 Å². The van der Waals surface area contributed by atoms with Crippen molar-refractivity contribution in [2.45, 2.75) is 73.4 Å². The van der Waals surface area contributed by atoms with Gasteiger partial charge in [0.15, 0.2) is 0 Å². The molecule has 1 aromatic rings. The molecule has 1 aromatic heterocycles. The molecule has 2 nitrogen and oxygen atoms in total. The summed E-state index contributed by atoms with van der Waals surface area (Å²) in [6.07, 6.45) is 2.48. The van der Waals surface area contributed by atoms with Gasteiger partial charge in [-0.3, -0.25) is 4.98 Å². The lowest BCUT2D eigenvalue weighted by molar-refractivity contribution is 0.329. The SMILES string of the molecule is CCC(CC)C(C)NC(C)c1c(C)cc(C)nc1C. The van der Waals surface area contributed by atoms with E-state index in [1.165, 1.54) is 24.0 Å². The van der Waals surface area contributed by atoms with Crippen LogP contribution in [-0.2, 0) is 0 Å². The summed E-state index contributed by atoms with van der Waals surface area (Å²) in [5, 5.41) is 3.76. The molecule has 0 aliphatic heterocycles. The van der Waals surface area contributed by atoms with Gasteiger partial charge < -0.3 is 5.32 Å². The molecule has 1 rings (SSSR count). The lowest BCUT2D eigenvalue weighted by Gasteiger charge is -2.28. The van der Waals surface area contributed by atoms with Gasteiger partial charge in [-0.05, 0) is 57.7 Å². The molecule has 0 radical (unpaired) electrons. The standard InChI is InChI=1S/C17H30N2/c1-8-16(9-2)13(5)19-15(7)17-11(3)10-12(4)18-14(17)6/h10,13,15-16,19H,8-9H2,1-7H3. The van der Waals surface area contributed by atoms with Gasteiger partial charge in [0.05, 0.1) is 0 Å². The van der Waals surface area contributed by atoms with Crippen molar-refractivity contribution in [2.24, 2.45) is 5.92 Å². The summed E-state index contributed by atoms with van der Waals surface area (Å²) in [5.41, 5.74) is 4.98. The van der Waals surface area contributed by atoms with E-state index < -0.39 is 0 Å². The Kier molecular flexibility index (Phi) is 5.99. The smallest absolute Gasteiger partial charge is 0.0426 e. The molecule has 0 saturated heterocycles. The highest BCUT2D eigenvalue weighted by atomic mass is 14.9. The van der Waals surface area contributed by atoms with Crippen LogP contribution in [0.15, 0.2) is 6.07 Å². The van der Waals surface area contributed by atoms with E-state index in [1.54, 1.807) is 0 Å². The average molecular weight is 262 g/mol. The topological polar surface area (TPSA) is 24.9 Å². The molecule has 2 atom stereocenters. The molecular formula is C17H30N2. The van der Waals surface area contributed by atoms with E-state index in [-0.39, 0.29) is 0 Å². The first-order valence-corrected chi connectivity index (χ1v) is 7.61. The Morgan fingerprint density at radius 2 is 1.68 bits per heavy atom. The highest BCUT2D eigenvalue weighted by molar-refractivity contribution is 5.33. The van der Waals surface area contributed by atoms with Gasteiger partial charge in [-0.1, -0.05) is 26.7 Å². The number of aryl methyl sites for hydroxylation is 3. The number of hydrogen-bond acceptors (Lipinski definition) is 2. The normalized spacial score (nSPS) is 14.7. The highest BCUT2D eigenvalue weighted by Gasteiger charge is 2.19. The predicted octanol–water partition coefficient (Wildman–Crippen LogP) is 4.48. The minimum atomic E-state index is 0.365. The molecule has 0 spiro atoms. The Balaban J connectivity index is 2.87. The second-order valence-corrected chi connectivity index (χ2v) is 5.83. The third kappa shape index (κ3) is 4.04. The number of nitrogens with one attached hydrogen (secondary N) is 1. The second kappa shape index (κ2) is 7.04. The minimum Gasteiger partial charge on any atom is -0.307 e. The van der Waals surface area contributed by atoms with Gasteiger partial charge in [-0.25, -0.2) is 0 Å². The van der Waals surface area contributed by atoms with E-state index in [0.717, 1.165) is 17.3 Å². The molecule has 108 valence electrons. The summed E-state index contributed by atoms with van der Waals surface area (Å²) in [6, 6.07) is 3.09. The van der Waals surface area contributed by atoms with E-state index in [9.17, 15) is 0 Å².